The van der Waals surface area contributed by atoms with Gasteiger partial charge in [-0.2, -0.15) is 0 Å². The lowest BCUT2D eigenvalue weighted by molar-refractivity contribution is -0.138. The predicted octanol–water partition coefficient (Wildman–Crippen LogP) is 2.13. The maximum Gasteiger partial charge on any atom is 0.303 e. The van der Waals surface area contributed by atoms with Crippen molar-refractivity contribution in [2.24, 2.45) is 5.92 Å². The number of piperidine rings is 1. The second-order valence-corrected chi connectivity index (χ2v) is 5.98. The van der Waals surface area contributed by atoms with Crippen molar-refractivity contribution in [3.8, 4) is 0 Å². The number of ether oxygens (including phenoxy) is 1. The van der Waals surface area contributed by atoms with Crippen LogP contribution in [0.1, 0.15) is 46.0 Å². The lowest BCUT2D eigenvalue weighted by Crippen LogP contribution is -2.45. The average Bonchev–Trinajstić information content (AvgIpc) is 2.51. The molecule has 4 heteroatoms. The molecule has 2 unspecified atom stereocenters. The highest BCUT2D eigenvalue weighted by Gasteiger charge is 2.40. The summed E-state index contributed by atoms with van der Waals surface area (Å²) in [6, 6.07) is 1.20. The Bertz CT molecular complexity index is 279. The van der Waals surface area contributed by atoms with Crippen LogP contribution in [0.4, 0.5) is 0 Å². The van der Waals surface area contributed by atoms with Gasteiger partial charge in [-0.1, -0.05) is 0 Å². The van der Waals surface area contributed by atoms with Crippen LogP contribution in [0.25, 0.3) is 0 Å². The Labute approximate surface area is 109 Å². The van der Waals surface area contributed by atoms with E-state index in [-0.39, 0.29) is 0 Å². The fourth-order valence-corrected chi connectivity index (χ4v) is 3.56. The van der Waals surface area contributed by atoms with Crippen molar-refractivity contribution in [1.29, 1.82) is 0 Å². The van der Waals surface area contributed by atoms with Gasteiger partial charge in [0.1, 0.15) is 0 Å². The number of carboxylic acids is 1. The first-order valence-electron chi connectivity index (χ1n) is 7.15. The minimum absolute atomic E-state index is 0.298. The summed E-state index contributed by atoms with van der Waals surface area (Å²) in [5.74, 6) is -0.252. The van der Waals surface area contributed by atoms with E-state index in [9.17, 15) is 4.79 Å². The summed E-state index contributed by atoms with van der Waals surface area (Å²) < 4.78 is 5.62. The maximum absolute atomic E-state index is 10.8. The quantitative estimate of drug-likeness (QED) is 0.790. The number of fused-ring (bicyclic) bond motifs is 2. The van der Waals surface area contributed by atoms with E-state index < -0.39 is 5.97 Å². The number of aliphatic carboxylic acids is 1. The minimum atomic E-state index is -0.643. The van der Waals surface area contributed by atoms with Crippen LogP contribution >= 0.6 is 0 Å². The Hall–Kier alpha value is -0.610. The fourth-order valence-electron chi connectivity index (χ4n) is 3.56. The van der Waals surface area contributed by atoms with Crippen LogP contribution in [0.15, 0.2) is 0 Å². The second kappa shape index (κ2) is 6.02. The average molecular weight is 255 g/mol. The number of hydrogen-bond donors (Lipinski definition) is 1. The Balaban J connectivity index is 1.80. The molecule has 0 spiro atoms. The molecule has 2 fully saturated rings. The number of carbonyl (C=O) groups is 1. The Kier molecular flexibility index (Phi) is 4.62. The molecule has 2 saturated heterocycles. The smallest absolute Gasteiger partial charge is 0.303 e. The number of rotatable bonds is 6. The van der Waals surface area contributed by atoms with Crippen molar-refractivity contribution >= 4 is 5.97 Å². The largest absolute Gasteiger partial charge is 0.481 e. The summed E-state index contributed by atoms with van der Waals surface area (Å²) in [6.07, 6.45) is 5.25. The zero-order chi connectivity index (χ0) is 13.1. The van der Waals surface area contributed by atoms with Crippen LogP contribution in [-0.4, -0.2) is 47.3 Å². The third-order valence-corrected chi connectivity index (χ3v) is 4.25. The van der Waals surface area contributed by atoms with Crippen LogP contribution < -0.4 is 0 Å². The van der Waals surface area contributed by atoms with Crippen molar-refractivity contribution in [3.05, 3.63) is 0 Å². The van der Waals surface area contributed by atoms with Gasteiger partial charge < -0.3 is 9.84 Å². The highest BCUT2D eigenvalue weighted by Crippen LogP contribution is 2.39. The van der Waals surface area contributed by atoms with Crippen LogP contribution in [0, 0.1) is 5.92 Å². The third kappa shape index (κ3) is 3.45. The molecule has 2 aliphatic heterocycles. The SMILES string of the molecule is CC(C)OCCN1C2CCC1CC(CC(=O)O)C2. The molecule has 0 aromatic heterocycles. The molecular formula is C14H25NO3. The van der Waals surface area contributed by atoms with Crippen molar-refractivity contribution < 1.29 is 14.6 Å². The van der Waals surface area contributed by atoms with Gasteiger partial charge in [-0.25, -0.2) is 0 Å². The Morgan fingerprint density at radius 2 is 1.94 bits per heavy atom. The summed E-state index contributed by atoms with van der Waals surface area (Å²) in [5.41, 5.74) is 0. The van der Waals surface area contributed by atoms with E-state index >= 15 is 0 Å². The standard InChI is InChI=1S/C14H25NO3/c1-10(2)18-6-5-15-12-3-4-13(15)8-11(7-12)9-14(16)17/h10-13H,3-9H2,1-2H3,(H,16,17). The molecule has 0 aliphatic carbocycles. The lowest BCUT2D eigenvalue weighted by Gasteiger charge is -2.38. The first-order valence-corrected chi connectivity index (χ1v) is 7.15. The van der Waals surface area contributed by atoms with E-state index in [1.54, 1.807) is 0 Å². The molecule has 0 aromatic rings. The molecule has 0 radical (unpaired) electrons. The van der Waals surface area contributed by atoms with Gasteiger partial charge in [-0.3, -0.25) is 9.69 Å². The molecule has 2 rings (SSSR count). The van der Waals surface area contributed by atoms with Gasteiger partial charge in [-0.15, -0.1) is 0 Å². The predicted molar refractivity (Wildman–Crippen MR) is 69.6 cm³/mol. The zero-order valence-electron chi connectivity index (χ0n) is 11.5. The first kappa shape index (κ1) is 13.8. The van der Waals surface area contributed by atoms with Crippen molar-refractivity contribution in [2.75, 3.05) is 13.2 Å². The van der Waals surface area contributed by atoms with Gasteiger partial charge >= 0.3 is 5.97 Å². The van der Waals surface area contributed by atoms with Crippen molar-refractivity contribution in [2.45, 2.75) is 64.1 Å². The summed E-state index contributed by atoms with van der Waals surface area (Å²) in [6.45, 7) is 5.93. The van der Waals surface area contributed by atoms with Crippen molar-refractivity contribution in [1.82, 2.24) is 4.90 Å². The van der Waals surface area contributed by atoms with Crippen LogP contribution in [0.3, 0.4) is 0 Å². The molecule has 1 N–H and O–H groups in total. The first-order chi connectivity index (χ1) is 8.56. The molecule has 0 aromatic carbocycles. The highest BCUT2D eigenvalue weighted by atomic mass is 16.5. The molecule has 18 heavy (non-hydrogen) atoms. The lowest BCUT2D eigenvalue weighted by atomic mass is 9.88. The molecule has 2 atom stereocenters. The number of hydrogen-bond acceptors (Lipinski definition) is 3. The molecular weight excluding hydrogens is 230 g/mol. The topological polar surface area (TPSA) is 49.8 Å². The van der Waals surface area contributed by atoms with Gasteiger partial charge in [0.25, 0.3) is 0 Å². The van der Waals surface area contributed by atoms with Crippen LogP contribution in [0.2, 0.25) is 0 Å². The molecule has 0 saturated carbocycles. The number of nitrogens with zero attached hydrogens (tertiary/aromatic N) is 1. The van der Waals surface area contributed by atoms with Crippen LogP contribution in [0.5, 0.6) is 0 Å². The monoisotopic (exact) mass is 255 g/mol. The van der Waals surface area contributed by atoms with E-state index in [2.05, 4.69) is 18.7 Å². The van der Waals surface area contributed by atoms with Gasteiger partial charge in [0, 0.05) is 25.0 Å². The zero-order valence-corrected chi connectivity index (χ0v) is 11.5. The van der Waals surface area contributed by atoms with E-state index in [1.165, 1.54) is 12.8 Å². The summed E-state index contributed by atoms with van der Waals surface area (Å²) >= 11 is 0. The molecule has 4 nitrogen and oxygen atoms in total. The van der Waals surface area contributed by atoms with E-state index in [0.717, 1.165) is 26.0 Å². The minimum Gasteiger partial charge on any atom is -0.481 e. The highest BCUT2D eigenvalue weighted by molar-refractivity contribution is 5.67. The summed E-state index contributed by atoms with van der Waals surface area (Å²) in [7, 11) is 0. The van der Waals surface area contributed by atoms with Gasteiger partial charge in [0.15, 0.2) is 0 Å². The number of carboxylic acid groups (broad SMARTS) is 1. The van der Waals surface area contributed by atoms with Crippen LogP contribution in [-0.2, 0) is 9.53 Å². The Morgan fingerprint density at radius 3 is 2.44 bits per heavy atom. The van der Waals surface area contributed by atoms with E-state index in [4.69, 9.17) is 9.84 Å². The second-order valence-electron chi connectivity index (χ2n) is 5.98. The normalized spacial score (nSPS) is 32.1. The Morgan fingerprint density at radius 1 is 1.33 bits per heavy atom. The molecule has 2 heterocycles. The molecule has 104 valence electrons. The molecule has 0 amide bonds. The maximum atomic E-state index is 10.8. The summed E-state index contributed by atoms with van der Waals surface area (Å²) in [4.78, 5) is 13.4. The molecule has 2 bridgehead atoms. The fraction of sp³-hybridized carbons (Fsp3) is 0.929. The van der Waals surface area contributed by atoms with Gasteiger partial charge in [0.05, 0.1) is 12.7 Å². The third-order valence-electron chi connectivity index (χ3n) is 4.25. The summed E-state index contributed by atoms with van der Waals surface area (Å²) in [5, 5.41) is 8.89. The van der Waals surface area contributed by atoms with E-state index in [0.29, 0.717) is 30.5 Å². The van der Waals surface area contributed by atoms with Gasteiger partial charge in [-0.05, 0) is 45.4 Å². The van der Waals surface area contributed by atoms with Gasteiger partial charge in [0.2, 0.25) is 0 Å². The molecule has 2 aliphatic rings. The van der Waals surface area contributed by atoms with Crippen molar-refractivity contribution in [3.63, 3.8) is 0 Å². The van der Waals surface area contributed by atoms with E-state index in [1.807, 2.05) is 0 Å².